The molecule has 2 aromatic heterocycles. The number of alkyl halides is 3. The number of pyridine rings is 1. The minimum Gasteiger partial charge on any atom is -0.335 e. The summed E-state index contributed by atoms with van der Waals surface area (Å²) in [4.78, 5) is 54.5. The number of hydrogen-bond donors (Lipinski definition) is 2. The van der Waals surface area contributed by atoms with Crippen LogP contribution in [0.2, 0.25) is 0 Å². The Morgan fingerprint density at radius 2 is 1.97 bits per heavy atom. The van der Waals surface area contributed by atoms with Crippen molar-refractivity contribution in [3.05, 3.63) is 58.9 Å². The van der Waals surface area contributed by atoms with E-state index in [1.165, 1.54) is 34.8 Å². The monoisotopic (exact) mass is 485 g/mol. The Morgan fingerprint density at radius 1 is 1.20 bits per heavy atom. The Bertz CT molecular complexity index is 1430. The molecule has 4 amide bonds. The van der Waals surface area contributed by atoms with E-state index < -0.39 is 29.6 Å². The number of hydrogen-bond acceptors (Lipinski definition) is 5. The fourth-order valence-corrected chi connectivity index (χ4v) is 4.47. The number of halogens is 3. The van der Waals surface area contributed by atoms with Crippen LogP contribution in [0.1, 0.15) is 44.7 Å². The molecule has 0 saturated carbocycles. The molecule has 0 radical (unpaired) electrons. The van der Waals surface area contributed by atoms with Gasteiger partial charge < -0.3 is 14.8 Å². The maximum absolute atomic E-state index is 13.4. The van der Waals surface area contributed by atoms with Crippen LogP contribution < -0.4 is 10.6 Å². The van der Waals surface area contributed by atoms with Gasteiger partial charge >= 0.3 is 6.18 Å². The number of aromatic nitrogens is 2. The van der Waals surface area contributed by atoms with Gasteiger partial charge in [0.2, 0.25) is 11.8 Å². The van der Waals surface area contributed by atoms with Gasteiger partial charge in [0.1, 0.15) is 11.7 Å². The van der Waals surface area contributed by atoms with Gasteiger partial charge in [0.05, 0.1) is 11.1 Å². The van der Waals surface area contributed by atoms with E-state index in [-0.39, 0.29) is 47.8 Å². The summed E-state index contributed by atoms with van der Waals surface area (Å²) >= 11 is 0. The summed E-state index contributed by atoms with van der Waals surface area (Å²) in [6.07, 6.45) is -2.13. The Hall–Kier alpha value is -4.22. The van der Waals surface area contributed by atoms with Gasteiger partial charge in [-0.2, -0.15) is 13.2 Å². The van der Waals surface area contributed by atoms with Crippen molar-refractivity contribution in [3.63, 3.8) is 0 Å². The summed E-state index contributed by atoms with van der Waals surface area (Å²) in [7, 11) is 1.44. The molecule has 2 aliphatic heterocycles. The molecule has 1 saturated heterocycles. The third kappa shape index (κ3) is 3.90. The van der Waals surface area contributed by atoms with E-state index in [1.807, 2.05) is 0 Å². The quantitative estimate of drug-likeness (QED) is 0.554. The van der Waals surface area contributed by atoms with Crippen LogP contribution in [0.3, 0.4) is 0 Å². The average molecular weight is 485 g/mol. The Labute approximate surface area is 195 Å². The van der Waals surface area contributed by atoms with Crippen LogP contribution in [-0.4, -0.2) is 44.1 Å². The van der Waals surface area contributed by atoms with Crippen molar-refractivity contribution in [2.75, 3.05) is 5.32 Å². The molecule has 5 rings (SSSR count). The SMILES string of the molecule is Cn1cc(C(F)(F)F)c2cc(C(=O)Nc3ccc4c(c3)CN(C3CCC(=O)NC3=O)C4=O)cnc21. The summed E-state index contributed by atoms with van der Waals surface area (Å²) in [6.45, 7) is 0.122. The molecule has 2 aliphatic rings. The van der Waals surface area contributed by atoms with Crippen LogP contribution in [0.25, 0.3) is 11.0 Å². The maximum Gasteiger partial charge on any atom is 0.418 e. The highest BCUT2D eigenvalue weighted by Crippen LogP contribution is 2.35. The van der Waals surface area contributed by atoms with Crippen molar-refractivity contribution >= 4 is 40.3 Å². The van der Waals surface area contributed by atoms with Crippen molar-refractivity contribution in [3.8, 4) is 0 Å². The first-order valence-corrected chi connectivity index (χ1v) is 10.6. The summed E-state index contributed by atoms with van der Waals surface area (Å²) < 4.78 is 41.3. The fourth-order valence-electron chi connectivity index (χ4n) is 4.47. The highest BCUT2D eigenvalue weighted by Gasteiger charge is 2.39. The third-order valence-corrected chi connectivity index (χ3v) is 6.16. The topological polar surface area (TPSA) is 113 Å². The number of amides is 4. The number of anilines is 1. The lowest BCUT2D eigenvalue weighted by Gasteiger charge is -2.29. The molecule has 0 bridgehead atoms. The zero-order valence-electron chi connectivity index (χ0n) is 18.3. The first kappa shape index (κ1) is 22.6. The van der Waals surface area contributed by atoms with E-state index in [9.17, 15) is 32.3 Å². The highest BCUT2D eigenvalue weighted by atomic mass is 19.4. The molecule has 180 valence electrons. The van der Waals surface area contributed by atoms with Gasteiger partial charge in [0.25, 0.3) is 11.8 Å². The molecule has 0 spiro atoms. The smallest absolute Gasteiger partial charge is 0.335 e. The largest absolute Gasteiger partial charge is 0.418 e. The zero-order chi connectivity index (χ0) is 25.1. The predicted molar refractivity (Wildman–Crippen MR) is 116 cm³/mol. The van der Waals surface area contributed by atoms with Crippen LogP contribution in [0.4, 0.5) is 18.9 Å². The van der Waals surface area contributed by atoms with Gasteiger partial charge in [-0.3, -0.25) is 24.5 Å². The van der Waals surface area contributed by atoms with Crippen LogP contribution >= 0.6 is 0 Å². The van der Waals surface area contributed by atoms with Gasteiger partial charge in [-0.25, -0.2) is 4.98 Å². The Balaban J connectivity index is 1.37. The molecule has 1 atom stereocenters. The predicted octanol–water partition coefficient (Wildman–Crippen LogP) is 2.61. The van der Waals surface area contributed by atoms with Crippen molar-refractivity contribution in [2.45, 2.75) is 31.6 Å². The summed E-state index contributed by atoms with van der Waals surface area (Å²) in [5.74, 6) is -1.93. The summed E-state index contributed by atoms with van der Waals surface area (Å²) in [5, 5.41) is 4.66. The van der Waals surface area contributed by atoms with Gasteiger partial charge in [0, 0.05) is 49.0 Å². The summed E-state index contributed by atoms with van der Waals surface area (Å²) in [6, 6.07) is 4.96. The number of nitrogens with zero attached hydrogens (tertiary/aromatic N) is 3. The average Bonchev–Trinajstić information content (AvgIpc) is 3.30. The van der Waals surface area contributed by atoms with Crippen LogP contribution in [0.15, 0.2) is 36.7 Å². The van der Waals surface area contributed by atoms with Crippen LogP contribution in [-0.2, 0) is 29.4 Å². The minimum atomic E-state index is -4.60. The van der Waals surface area contributed by atoms with E-state index in [2.05, 4.69) is 15.6 Å². The molecule has 1 fully saturated rings. The van der Waals surface area contributed by atoms with Gasteiger partial charge in [-0.1, -0.05) is 0 Å². The molecule has 1 aromatic carbocycles. The number of piperidine rings is 1. The Morgan fingerprint density at radius 3 is 2.69 bits per heavy atom. The number of nitrogens with one attached hydrogen (secondary N) is 2. The van der Waals surface area contributed by atoms with Crippen LogP contribution in [0, 0.1) is 0 Å². The van der Waals surface area contributed by atoms with Crippen LogP contribution in [0.5, 0.6) is 0 Å². The number of carbonyl (C=O) groups excluding carboxylic acids is 4. The van der Waals surface area contributed by atoms with E-state index in [0.717, 1.165) is 12.3 Å². The molecule has 2 N–H and O–H groups in total. The normalized spacial score (nSPS) is 18.1. The number of fused-ring (bicyclic) bond motifs is 2. The molecule has 3 aromatic rings. The Kier molecular flexibility index (Phi) is 5.11. The molecular weight excluding hydrogens is 467 g/mol. The second-order valence-corrected chi connectivity index (χ2v) is 8.47. The zero-order valence-corrected chi connectivity index (χ0v) is 18.3. The highest BCUT2D eigenvalue weighted by molar-refractivity contribution is 6.08. The second-order valence-electron chi connectivity index (χ2n) is 8.47. The molecule has 35 heavy (non-hydrogen) atoms. The molecule has 0 aliphatic carbocycles. The number of carbonyl (C=O) groups is 4. The number of aryl methyl sites for hydroxylation is 1. The second kappa shape index (κ2) is 7.93. The molecule has 12 heteroatoms. The molecular formula is C23H18F3N5O4. The lowest BCUT2D eigenvalue weighted by atomic mass is 10.0. The van der Waals surface area contributed by atoms with Crippen molar-refractivity contribution in [2.24, 2.45) is 7.05 Å². The van der Waals surface area contributed by atoms with E-state index in [0.29, 0.717) is 16.8 Å². The van der Waals surface area contributed by atoms with Gasteiger partial charge in [-0.15, -0.1) is 0 Å². The van der Waals surface area contributed by atoms with E-state index in [1.54, 1.807) is 6.07 Å². The van der Waals surface area contributed by atoms with Gasteiger partial charge in [0.15, 0.2) is 0 Å². The first-order chi connectivity index (χ1) is 16.5. The van der Waals surface area contributed by atoms with Gasteiger partial charge in [-0.05, 0) is 36.2 Å². The first-order valence-electron chi connectivity index (χ1n) is 10.6. The van der Waals surface area contributed by atoms with E-state index >= 15 is 0 Å². The molecule has 4 heterocycles. The fraction of sp³-hybridized carbons (Fsp3) is 0.261. The molecule has 9 nitrogen and oxygen atoms in total. The number of imide groups is 1. The van der Waals surface area contributed by atoms with Crippen molar-refractivity contribution in [1.29, 1.82) is 0 Å². The van der Waals surface area contributed by atoms with Crippen molar-refractivity contribution < 1.29 is 32.3 Å². The number of rotatable bonds is 3. The maximum atomic E-state index is 13.4. The summed E-state index contributed by atoms with van der Waals surface area (Å²) in [5.41, 5.74) is 0.426. The lowest BCUT2D eigenvalue weighted by Crippen LogP contribution is -2.52. The van der Waals surface area contributed by atoms with Crippen molar-refractivity contribution in [1.82, 2.24) is 19.8 Å². The number of benzene rings is 1. The standard InChI is InChI=1S/C23H18F3N5O4/c1-30-10-16(23(24,25)26)15-7-11(8-27-19(15)30)20(33)28-13-2-3-14-12(6-13)9-31(22(14)35)17-4-5-18(32)29-21(17)34/h2-3,6-8,10,17H,4-5,9H2,1H3,(H,28,33)(H,29,32,34). The van der Waals surface area contributed by atoms with E-state index in [4.69, 9.17) is 0 Å². The minimum absolute atomic E-state index is 0.0593. The molecule has 1 unspecified atom stereocenters. The lowest BCUT2D eigenvalue weighted by molar-refractivity contribution is -0.137. The third-order valence-electron chi connectivity index (χ3n) is 6.16.